The van der Waals surface area contributed by atoms with Gasteiger partial charge in [0.15, 0.2) is 0 Å². The van der Waals surface area contributed by atoms with E-state index in [2.05, 4.69) is 22.4 Å². The zero-order chi connectivity index (χ0) is 28.4. The molecule has 5 rings (SSSR count). The monoisotopic (exact) mass is 546 g/mol. The van der Waals surface area contributed by atoms with E-state index in [4.69, 9.17) is 19.9 Å². The second-order valence-electron chi connectivity index (χ2n) is 9.97. The fourth-order valence-corrected chi connectivity index (χ4v) is 4.96. The van der Waals surface area contributed by atoms with Crippen molar-refractivity contribution in [3.63, 3.8) is 0 Å². The number of rotatable bonds is 8. The van der Waals surface area contributed by atoms with Crippen LogP contribution < -0.4 is 16.7 Å². The van der Waals surface area contributed by atoms with Crippen molar-refractivity contribution >= 4 is 17.9 Å². The van der Waals surface area contributed by atoms with Crippen LogP contribution in [0.15, 0.2) is 77.4 Å². The Balaban J connectivity index is 1.16. The molecular formula is C29H30N4O7. The number of nitrogens with zero attached hydrogens (tertiary/aromatic N) is 2. The normalized spacial score (nSPS) is 18.4. The lowest BCUT2D eigenvalue weighted by molar-refractivity contribution is -0.147. The number of nitrogen functional groups attached to an aromatic ring is 1. The van der Waals surface area contributed by atoms with Gasteiger partial charge < -0.3 is 30.4 Å². The summed E-state index contributed by atoms with van der Waals surface area (Å²) < 4.78 is 17.6. The summed E-state index contributed by atoms with van der Waals surface area (Å²) >= 11 is 0. The third kappa shape index (κ3) is 5.41. The van der Waals surface area contributed by atoms with Crippen LogP contribution in [0.2, 0.25) is 0 Å². The predicted octanol–water partition coefficient (Wildman–Crippen LogP) is 2.71. The van der Waals surface area contributed by atoms with Crippen molar-refractivity contribution in [3.8, 4) is 11.1 Å². The van der Waals surface area contributed by atoms with Gasteiger partial charge in [0, 0.05) is 12.1 Å². The fourth-order valence-electron chi connectivity index (χ4n) is 4.96. The Morgan fingerprint density at radius 3 is 2.35 bits per heavy atom. The highest BCUT2D eigenvalue weighted by molar-refractivity contribution is 5.82. The topological polar surface area (TPSA) is 155 Å². The minimum Gasteiger partial charge on any atom is -0.468 e. The number of ether oxygens (including phenoxy) is 3. The number of hydrogen-bond donors (Lipinski definition) is 3. The number of aliphatic hydroxyl groups is 1. The van der Waals surface area contributed by atoms with Crippen LogP contribution in [0.5, 0.6) is 0 Å². The lowest BCUT2D eigenvalue weighted by Gasteiger charge is -2.22. The Morgan fingerprint density at radius 2 is 1.73 bits per heavy atom. The highest BCUT2D eigenvalue weighted by Gasteiger charge is 2.33. The van der Waals surface area contributed by atoms with Gasteiger partial charge in [-0.1, -0.05) is 62.4 Å². The van der Waals surface area contributed by atoms with Gasteiger partial charge in [-0.3, -0.25) is 4.57 Å². The van der Waals surface area contributed by atoms with E-state index in [1.165, 1.54) is 18.3 Å². The third-order valence-corrected chi connectivity index (χ3v) is 6.94. The van der Waals surface area contributed by atoms with Crippen LogP contribution in [0.3, 0.4) is 0 Å². The minimum atomic E-state index is -1.17. The largest absolute Gasteiger partial charge is 0.468 e. The van der Waals surface area contributed by atoms with Gasteiger partial charge in [0.2, 0.25) is 6.23 Å². The third-order valence-electron chi connectivity index (χ3n) is 6.94. The number of aromatic nitrogens is 2. The average molecular weight is 547 g/mol. The molecule has 11 nitrogen and oxygen atoms in total. The Bertz CT molecular complexity index is 1470. The molecule has 0 bridgehead atoms. The summed E-state index contributed by atoms with van der Waals surface area (Å²) in [5.41, 5.74) is 9.21. The minimum absolute atomic E-state index is 0.0412. The maximum atomic E-state index is 12.9. The van der Waals surface area contributed by atoms with Crippen LogP contribution in [0.4, 0.5) is 10.6 Å². The number of amides is 1. The van der Waals surface area contributed by atoms with Crippen LogP contribution in [0.25, 0.3) is 11.1 Å². The van der Waals surface area contributed by atoms with Crippen molar-refractivity contribution in [3.05, 3.63) is 94.2 Å². The molecule has 0 saturated carbocycles. The first-order valence-electron chi connectivity index (χ1n) is 12.9. The van der Waals surface area contributed by atoms with E-state index in [1.54, 1.807) is 13.8 Å². The Morgan fingerprint density at radius 1 is 1.07 bits per heavy atom. The number of alkyl carbamates (subject to hydrolysis) is 1. The fraction of sp³-hybridized carbons (Fsp3) is 0.310. The Labute approximate surface area is 230 Å². The highest BCUT2D eigenvalue weighted by Crippen LogP contribution is 2.44. The maximum absolute atomic E-state index is 12.9. The van der Waals surface area contributed by atoms with Crippen molar-refractivity contribution in [2.45, 2.75) is 38.1 Å². The molecule has 0 fully saturated rings. The van der Waals surface area contributed by atoms with E-state index < -0.39 is 36.1 Å². The van der Waals surface area contributed by atoms with Gasteiger partial charge in [-0.15, -0.1) is 0 Å². The number of carbonyl (C=O) groups excluding carboxylic acids is 2. The van der Waals surface area contributed by atoms with E-state index in [-0.39, 0.29) is 36.6 Å². The summed E-state index contributed by atoms with van der Waals surface area (Å²) in [4.78, 5) is 41.3. The molecule has 11 heteroatoms. The van der Waals surface area contributed by atoms with Crippen LogP contribution in [-0.2, 0) is 19.0 Å². The first-order chi connectivity index (χ1) is 19.2. The number of esters is 1. The molecule has 40 heavy (non-hydrogen) atoms. The number of hydrogen-bond acceptors (Lipinski definition) is 9. The van der Waals surface area contributed by atoms with Gasteiger partial charge in [-0.2, -0.15) is 4.98 Å². The summed E-state index contributed by atoms with van der Waals surface area (Å²) in [7, 11) is 0. The van der Waals surface area contributed by atoms with Gasteiger partial charge >= 0.3 is 17.8 Å². The second-order valence-corrected chi connectivity index (χ2v) is 9.97. The molecular weight excluding hydrogens is 516 g/mol. The van der Waals surface area contributed by atoms with Crippen LogP contribution in [0, 0.1) is 5.92 Å². The quantitative estimate of drug-likeness (QED) is 0.362. The van der Waals surface area contributed by atoms with E-state index in [0.717, 1.165) is 26.8 Å². The number of benzene rings is 2. The number of fused-ring (bicyclic) bond motifs is 3. The summed E-state index contributed by atoms with van der Waals surface area (Å²) in [6.07, 6.45) is -0.288. The van der Waals surface area contributed by atoms with E-state index in [1.807, 2.05) is 36.4 Å². The molecule has 0 spiro atoms. The SMILES string of the molecule is CC(C)[C@H](NC(=O)OCC1c2ccccc2-c2ccccc21)C(=O)OCC1=C[C@@H](O)[C@H](n2ccc(N)nc2=O)O1. The molecule has 0 saturated heterocycles. The maximum Gasteiger partial charge on any atom is 0.407 e. The molecule has 1 aliphatic carbocycles. The first kappa shape index (κ1) is 26.9. The van der Waals surface area contributed by atoms with Gasteiger partial charge in [-0.25, -0.2) is 14.4 Å². The summed E-state index contributed by atoms with van der Waals surface area (Å²) in [5, 5.41) is 12.9. The number of carbonyl (C=O) groups is 2. The Hall–Kier alpha value is -4.64. The zero-order valence-corrected chi connectivity index (χ0v) is 22.0. The molecule has 1 aromatic heterocycles. The molecule has 3 aromatic rings. The van der Waals surface area contributed by atoms with Crippen molar-refractivity contribution in [2.75, 3.05) is 18.9 Å². The van der Waals surface area contributed by atoms with Crippen LogP contribution >= 0.6 is 0 Å². The molecule has 3 atom stereocenters. The second kappa shape index (κ2) is 11.2. The molecule has 208 valence electrons. The van der Waals surface area contributed by atoms with E-state index >= 15 is 0 Å². The van der Waals surface area contributed by atoms with Crippen LogP contribution in [-0.4, -0.2) is 52.1 Å². The molecule has 4 N–H and O–H groups in total. The zero-order valence-electron chi connectivity index (χ0n) is 22.0. The lowest BCUT2D eigenvalue weighted by atomic mass is 9.98. The highest BCUT2D eigenvalue weighted by atomic mass is 16.6. The standard InChI is InChI=1S/C29H30N4O7/c1-16(2)25(27(35)38-14-17-13-23(34)26(40-17)33-12-11-24(30)31-28(33)36)32-29(37)39-15-22-20-9-5-3-7-18(20)19-8-4-6-10-21(19)22/h3-13,16,22-23,25-26,34H,14-15H2,1-2H3,(H,32,37)(H2,30,31,36)/t23-,25+,26-/m1/s1. The molecule has 0 radical (unpaired) electrons. The molecule has 2 heterocycles. The van der Waals surface area contributed by atoms with E-state index in [9.17, 15) is 19.5 Å². The molecule has 0 unspecified atom stereocenters. The van der Waals surface area contributed by atoms with Gasteiger partial charge in [0.05, 0.1) is 0 Å². The van der Waals surface area contributed by atoms with Crippen molar-refractivity contribution in [1.82, 2.24) is 14.9 Å². The van der Waals surface area contributed by atoms with Gasteiger partial charge in [0.1, 0.15) is 36.9 Å². The predicted molar refractivity (Wildman–Crippen MR) is 145 cm³/mol. The average Bonchev–Trinajstić information content (AvgIpc) is 3.46. The summed E-state index contributed by atoms with van der Waals surface area (Å²) in [6.45, 7) is 3.33. The number of nitrogens with one attached hydrogen (secondary N) is 1. The summed E-state index contributed by atoms with van der Waals surface area (Å²) in [5.74, 6) is -0.920. The van der Waals surface area contributed by atoms with Gasteiger partial charge in [-0.05, 0) is 40.3 Å². The number of aliphatic hydroxyl groups excluding tert-OH is 1. The Kier molecular flexibility index (Phi) is 7.56. The lowest BCUT2D eigenvalue weighted by Crippen LogP contribution is -2.46. The van der Waals surface area contributed by atoms with Crippen molar-refractivity contribution < 1.29 is 28.9 Å². The van der Waals surface area contributed by atoms with Gasteiger partial charge in [0.25, 0.3) is 0 Å². The molecule has 2 aliphatic rings. The van der Waals surface area contributed by atoms with Crippen molar-refractivity contribution in [1.29, 1.82) is 0 Å². The number of nitrogens with two attached hydrogens (primary N) is 1. The summed E-state index contributed by atoms with van der Waals surface area (Å²) in [6, 6.07) is 16.4. The molecule has 1 amide bonds. The first-order valence-corrected chi connectivity index (χ1v) is 12.9. The van der Waals surface area contributed by atoms with Crippen molar-refractivity contribution in [2.24, 2.45) is 5.92 Å². The molecule has 2 aromatic carbocycles. The molecule has 1 aliphatic heterocycles. The van der Waals surface area contributed by atoms with Crippen LogP contribution in [0.1, 0.15) is 37.1 Å². The number of anilines is 1. The smallest absolute Gasteiger partial charge is 0.407 e. The van der Waals surface area contributed by atoms with E-state index in [0.29, 0.717) is 0 Å².